The van der Waals surface area contributed by atoms with Crippen molar-refractivity contribution in [3.63, 3.8) is 0 Å². The lowest BCUT2D eigenvalue weighted by molar-refractivity contribution is -0.115. The molecule has 1 rings (SSSR count). The van der Waals surface area contributed by atoms with Gasteiger partial charge in [-0.05, 0) is 5.56 Å². The van der Waals surface area contributed by atoms with Crippen LogP contribution in [0.3, 0.4) is 0 Å². The average molecular weight is 314 g/mol. The van der Waals surface area contributed by atoms with E-state index in [9.17, 15) is 18.0 Å². The molecular weight excluding hydrogens is 296 g/mol. The van der Waals surface area contributed by atoms with Gasteiger partial charge in [-0.1, -0.05) is 30.3 Å². The average Bonchev–Trinajstić information content (AvgIpc) is 2.43. The zero-order valence-electron chi connectivity index (χ0n) is 11.9. The molecule has 0 unspecified atom stereocenters. The van der Waals surface area contributed by atoms with Crippen LogP contribution in [0.15, 0.2) is 30.3 Å². The molecule has 0 atom stereocenters. The standard InChI is InChI=1S/C13H18N2O5S/c1-15(2)21(18,19)10-12(16)8-14-13(17)20-9-11-6-4-3-5-7-11/h3-7H,8-10H2,1-2H3,(H,14,17). The van der Waals surface area contributed by atoms with Crippen LogP contribution in [0.25, 0.3) is 0 Å². The van der Waals surface area contributed by atoms with Crippen LogP contribution >= 0.6 is 0 Å². The van der Waals surface area contributed by atoms with Gasteiger partial charge in [-0.25, -0.2) is 17.5 Å². The highest BCUT2D eigenvalue weighted by Gasteiger charge is 2.19. The summed E-state index contributed by atoms with van der Waals surface area (Å²) in [7, 11) is -0.934. The van der Waals surface area contributed by atoms with Crippen LogP contribution in [-0.4, -0.2) is 51.0 Å². The number of sulfonamides is 1. The van der Waals surface area contributed by atoms with Crippen molar-refractivity contribution in [1.29, 1.82) is 0 Å². The van der Waals surface area contributed by atoms with Gasteiger partial charge in [-0.15, -0.1) is 0 Å². The van der Waals surface area contributed by atoms with Crippen molar-refractivity contribution in [3.8, 4) is 0 Å². The Kier molecular flexibility index (Phi) is 6.32. The summed E-state index contributed by atoms with van der Waals surface area (Å²) in [4.78, 5) is 22.8. The number of Topliss-reactive ketones (excluding diaryl/α,β-unsaturated/α-hetero) is 1. The van der Waals surface area contributed by atoms with Crippen LogP contribution in [-0.2, 0) is 26.2 Å². The molecule has 7 nitrogen and oxygen atoms in total. The van der Waals surface area contributed by atoms with E-state index in [2.05, 4.69) is 5.32 Å². The van der Waals surface area contributed by atoms with E-state index in [0.717, 1.165) is 9.87 Å². The van der Waals surface area contributed by atoms with Crippen molar-refractivity contribution < 1.29 is 22.7 Å². The molecule has 0 aliphatic carbocycles. The molecule has 0 fully saturated rings. The van der Waals surface area contributed by atoms with Crippen molar-refractivity contribution in [2.24, 2.45) is 0 Å². The van der Waals surface area contributed by atoms with Crippen molar-refractivity contribution in [2.75, 3.05) is 26.4 Å². The van der Waals surface area contributed by atoms with E-state index in [1.807, 2.05) is 18.2 Å². The Bertz CT molecular complexity index is 584. The van der Waals surface area contributed by atoms with E-state index in [0.29, 0.717) is 0 Å². The SMILES string of the molecule is CN(C)S(=O)(=O)CC(=O)CNC(=O)OCc1ccccc1. The number of rotatable bonds is 7. The van der Waals surface area contributed by atoms with Crippen molar-refractivity contribution in [3.05, 3.63) is 35.9 Å². The number of hydrogen-bond acceptors (Lipinski definition) is 5. The molecule has 8 heteroatoms. The molecule has 116 valence electrons. The number of carbonyl (C=O) groups is 2. The van der Waals surface area contributed by atoms with Gasteiger partial charge in [0.05, 0.1) is 6.54 Å². The van der Waals surface area contributed by atoms with E-state index >= 15 is 0 Å². The van der Waals surface area contributed by atoms with Crippen LogP contribution in [0.2, 0.25) is 0 Å². The van der Waals surface area contributed by atoms with E-state index < -0.39 is 27.7 Å². The monoisotopic (exact) mass is 314 g/mol. The second kappa shape index (κ2) is 7.75. The van der Waals surface area contributed by atoms with Crippen LogP contribution < -0.4 is 5.32 Å². The fraction of sp³-hybridized carbons (Fsp3) is 0.385. The molecule has 21 heavy (non-hydrogen) atoms. The van der Waals surface area contributed by atoms with Crippen molar-refractivity contribution >= 4 is 21.9 Å². The predicted molar refractivity (Wildman–Crippen MR) is 77.1 cm³/mol. The normalized spacial score (nSPS) is 11.2. The molecule has 1 aromatic rings. The van der Waals surface area contributed by atoms with E-state index in [1.165, 1.54) is 14.1 Å². The van der Waals surface area contributed by atoms with Gasteiger partial charge >= 0.3 is 6.09 Å². The van der Waals surface area contributed by atoms with E-state index in [-0.39, 0.29) is 13.2 Å². The Morgan fingerprint density at radius 1 is 1.19 bits per heavy atom. The topological polar surface area (TPSA) is 92.8 Å². The first kappa shape index (κ1) is 17.1. The maximum atomic E-state index is 11.5. The van der Waals surface area contributed by atoms with Gasteiger partial charge in [0.2, 0.25) is 10.0 Å². The number of ketones is 1. The summed E-state index contributed by atoms with van der Waals surface area (Å²) in [5.41, 5.74) is 0.814. The fourth-order valence-electron chi connectivity index (χ4n) is 1.33. The van der Waals surface area contributed by atoms with Crippen molar-refractivity contribution in [2.45, 2.75) is 6.61 Å². The lowest BCUT2D eigenvalue weighted by Gasteiger charge is -2.10. The zero-order chi connectivity index (χ0) is 15.9. The number of hydrogen-bond donors (Lipinski definition) is 1. The summed E-state index contributed by atoms with van der Waals surface area (Å²) in [5.74, 6) is -1.26. The molecule has 1 aromatic carbocycles. The van der Waals surface area contributed by atoms with Crippen LogP contribution in [0.1, 0.15) is 5.56 Å². The summed E-state index contributed by atoms with van der Waals surface area (Å²) >= 11 is 0. The lowest BCUT2D eigenvalue weighted by atomic mass is 10.2. The van der Waals surface area contributed by atoms with E-state index in [1.54, 1.807) is 12.1 Å². The number of alkyl carbamates (subject to hydrolysis) is 1. The molecule has 1 N–H and O–H groups in total. The molecule has 0 bridgehead atoms. The van der Waals surface area contributed by atoms with Gasteiger partial charge in [0.1, 0.15) is 12.4 Å². The number of ether oxygens (including phenoxy) is 1. The predicted octanol–water partition coefficient (Wildman–Crippen LogP) is 0.373. The minimum Gasteiger partial charge on any atom is -0.445 e. The minimum absolute atomic E-state index is 0.0802. The van der Waals surface area contributed by atoms with Gasteiger partial charge in [-0.2, -0.15) is 0 Å². The lowest BCUT2D eigenvalue weighted by Crippen LogP contribution is -2.36. The fourth-order valence-corrected chi connectivity index (χ4v) is 2.10. The Morgan fingerprint density at radius 3 is 2.38 bits per heavy atom. The van der Waals surface area contributed by atoms with Crippen LogP contribution in [0.5, 0.6) is 0 Å². The third-order valence-corrected chi connectivity index (χ3v) is 4.34. The Hall–Kier alpha value is -1.93. The first-order chi connectivity index (χ1) is 9.81. The summed E-state index contributed by atoms with van der Waals surface area (Å²) in [5, 5.41) is 2.22. The molecule has 0 aromatic heterocycles. The van der Waals surface area contributed by atoms with Crippen LogP contribution in [0, 0.1) is 0 Å². The van der Waals surface area contributed by atoms with Gasteiger partial charge in [0.25, 0.3) is 0 Å². The van der Waals surface area contributed by atoms with Gasteiger partial charge < -0.3 is 10.1 Å². The second-order valence-corrected chi connectivity index (χ2v) is 6.68. The molecule has 0 aliphatic rings. The third kappa shape index (κ3) is 6.37. The number of amides is 1. The third-order valence-electron chi connectivity index (χ3n) is 2.54. The maximum absolute atomic E-state index is 11.5. The smallest absolute Gasteiger partial charge is 0.407 e. The molecular formula is C13H18N2O5S. The number of carbonyl (C=O) groups excluding carboxylic acids is 2. The molecule has 0 heterocycles. The maximum Gasteiger partial charge on any atom is 0.407 e. The second-order valence-electron chi connectivity index (χ2n) is 4.49. The minimum atomic E-state index is -3.61. The molecule has 0 saturated heterocycles. The Morgan fingerprint density at radius 2 is 1.81 bits per heavy atom. The summed E-state index contributed by atoms with van der Waals surface area (Å²) < 4.78 is 28.8. The Balaban J connectivity index is 2.32. The highest BCUT2D eigenvalue weighted by Crippen LogP contribution is 2.00. The molecule has 0 aliphatic heterocycles. The molecule has 0 saturated carbocycles. The van der Waals surface area contributed by atoms with Gasteiger partial charge in [0, 0.05) is 14.1 Å². The molecule has 0 spiro atoms. The zero-order valence-corrected chi connectivity index (χ0v) is 12.7. The largest absolute Gasteiger partial charge is 0.445 e. The summed E-state index contributed by atoms with van der Waals surface area (Å²) in [6, 6.07) is 9.05. The van der Waals surface area contributed by atoms with Crippen LogP contribution in [0.4, 0.5) is 4.79 Å². The quantitative estimate of drug-likeness (QED) is 0.785. The molecule has 1 amide bonds. The van der Waals surface area contributed by atoms with Crippen molar-refractivity contribution in [1.82, 2.24) is 9.62 Å². The number of nitrogens with zero attached hydrogens (tertiary/aromatic N) is 1. The summed E-state index contributed by atoms with van der Waals surface area (Å²) in [6.45, 7) is -0.308. The highest BCUT2D eigenvalue weighted by molar-refractivity contribution is 7.89. The first-order valence-corrected chi connectivity index (χ1v) is 7.78. The Labute approximate surface area is 123 Å². The summed E-state index contributed by atoms with van der Waals surface area (Å²) in [6.07, 6.45) is -0.769. The number of nitrogens with one attached hydrogen (secondary N) is 1. The first-order valence-electron chi connectivity index (χ1n) is 6.17. The van der Waals surface area contributed by atoms with Gasteiger partial charge in [-0.3, -0.25) is 4.79 Å². The number of benzene rings is 1. The van der Waals surface area contributed by atoms with Gasteiger partial charge in [0.15, 0.2) is 5.78 Å². The molecule has 0 radical (unpaired) electrons. The highest BCUT2D eigenvalue weighted by atomic mass is 32.2. The van der Waals surface area contributed by atoms with E-state index in [4.69, 9.17) is 4.74 Å².